The molecular formula is C15H17ClN2O2. The van der Waals surface area contributed by atoms with Crippen LogP contribution in [-0.4, -0.2) is 18.7 Å². The molecule has 0 aliphatic rings. The van der Waals surface area contributed by atoms with Gasteiger partial charge in [-0.3, -0.25) is 0 Å². The third-order valence-electron chi connectivity index (χ3n) is 2.75. The fourth-order valence-electron chi connectivity index (χ4n) is 1.79. The molecule has 106 valence electrons. The normalized spacial score (nSPS) is 10.2. The molecule has 4 nitrogen and oxygen atoms in total. The average Bonchev–Trinajstić information content (AvgIpc) is 2.47. The van der Waals surface area contributed by atoms with Gasteiger partial charge in [0.15, 0.2) is 0 Å². The van der Waals surface area contributed by atoms with E-state index in [1.165, 1.54) is 0 Å². The van der Waals surface area contributed by atoms with Crippen molar-refractivity contribution in [2.75, 3.05) is 19.0 Å². The average molecular weight is 293 g/mol. The predicted molar refractivity (Wildman–Crippen MR) is 80.7 cm³/mol. The number of methoxy groups -OCH3 is 1. The molecule has 0 radical (unpaired) electrons. The maximum atomic E-state index is 6.10. The van der Waals surface area contributed by atoms with Crippen LogP contribution in [0.3, 0.4) is 0 Å². The Morgan fingerprint density at radius 3 is 2.85 bits per heavy atom. The Bertz CT molecular complexity index is 576. The first kappa shape index (κ1) is 14.5. The summed E-state index contributed by atoms with van der Waals surface area (Å²) in [4.78, 5) is 4.19. The van der Waals surface area contributed by atoms with Gasteiger partial charge in [-0.25, -0.2) is 4.98 Å². The van der Waals surface area contributed by atoms with E-state index < -0.39 is 0 Å². The first-order valence-electron chi connectivity index (χ1n) is 6.38. The van der Waals surface area contributed by atoms with Crippen LogP contribution in [0.5, 0.6) is 11.6 Å². The molecule has 0 saturated carbocycles. The molecule has 0 unspecified atom stereocenters. The van der Waals surface area contributed by atoms with E-state index in [0.717, 1.165) is 11.3 Å². The molecule has 0 amide bonds. The quantitative estimate of drug-likeness (QED) is 0.880. The third kappa shape index (κ3) is 3.54. The molecule has 2 rings (SSSR count). The summed E-state index contributed by atoms with van der Waals surface area (Å²) in [5.41, 5.74) is 1.92. The molecule has 0 aliphatic heterocycles. The molecule has 2 aromatic rings. The first-order chi connectivity index (χ1) is 9.74. The second-order valence-electron chi connectivity index (χ2n) is 4.11. The predicted octanol–water partition coefficient (Wildman–Crippen LogP) is 3.75. The lowest BCUT2D eigenvalue weighted by Crippen LogP contribution is -2.04. The van der Waals surface area contributed by atoms with Crippen LogP contribution in [0.2, 0.25) is 5.02 Å². The van der Waals surface area contributed by atoms with Crippen LogP contribution in [0.4, 0.5) is 5.69 Å². The third-order valence-corrected chi connectivity index (χ3v) is 3.05. The number of hydrogen-bond acceptors (Lipinski definition) is 4. The van der Waals surface area contributed by atoms with Crippen molar-refractivity contribution in [2.45, 2.75) is 13.5 Å². The minimum Gasteiger partial charge on any atom is -0.495 e. The molecule has 0 spiro atoms. The summed E-state index contributed by atoms with van der Waals surface area (Å²) in [6, 6.07) is 9.50. The smallest absolute Gasteiger partial charge is 0.237 e. The van der Waals surface area contributed by atoms with Gasteiger partial charge < -0.3 is 14.8 Å². The highest BCUT2D eigenvalue weighted by atomic mass is 35.5. The minimum absolute atomic E-state index is 0.583. The van der Waals surface area contributed by atoms with Gasteiger partial charge >= 0.3 is 0 Å². The molecule has 0 atom stereocenters. The van der Waals surface area contributed by atoms with Crippen molar-refractivity contribution >= 4 is 17.3 Å². The van der Waals surface area contributed by atoms with E-state index in [-0.39, 0.29) is 0 Å². The molecule has 20 heavy (non-hydrogen) atoms. The van der Waals surface area contributed by atoms with E-state index >= 15 is 0 Å². The summed E-state index contributed by atoms with van der Waals surface area (Å²) < 4.78 is 10.6. The van der Waals surface area contributed by atoms with Gasteiger partial charge in [0.25, 0.3) is 0 Å². The molecule has 0 aliphatic carbocycles. The highest BCUT2D eigenvalue weighted by Gasteiger charge is 2.05. The molecule has 1 aromatic carbocycles. The number of benzene rings is 1. The second-order valence-corrected chi connectivity index (χ2v) is 4.52. The van der Waals surface area contributed by atoms with Crippen molar-refractivity contribution in [2.24, 2.45) is 0 Å². The fraction of sp³-hybridized carbons (Fsp3) is 0.267. The largest absolute Gasteiger partial charge is 0.495 e. The summed E-state index contributed by atoms with van der Waals surface area (Å²) in [5, 5.41) is 3.89. The molecular weight excluding hydrogens is 276 g/mol. The Hall–Kier alpha value is -1.94. The monoisotopic (exact) mass is 292 g/mol. The Balaban J connectivity index is 2.07. The standard InChI is InChI=1S/C15H17ClN2O2/c1-3-20-15-13(5-4-8-17-15)18-10-11-6-7-14(19-2)12(16)9-11/h4-9,18H,3,10H2,1-2H3. The van der Waals surface area contributed by atoms with E-state index in [0.29, 0.717) is 29.8 Å². The van der Waals surface area contributed by atoms with Crippen LogP contribution in [0.25, 0.3) is 0 Å². The van der Waals surface area contributed by atoms with Crippen LogP contribution in [0, 0.1) is 0 Å². The van der Waals surface area contributed by atoms with E-state index in [1.54, 1.807) is 13.3 Å². The lowest BCUT2D eigenvalue weighted by atomic mass is 10.2. The van der Waals surface area contributed by atoms with Crippen molar-refractivity contribution in [3.63, 3.8) is 0 Å². The van der Waals surface area contributed by atoms with Gasteiger partial charge in [-0.05, 0) is 36.8 Å². The summed E-state index contributed by atoms with van der Waals surface area (Å²) in [6.45, 7) is 3.15. The van der Waals surface area contributed by atoms with Crippen LogP contribution >= 0.6 is 11.6 Å². The molecule has 0 fully saturated rings. The highest BCUT2D eigenvalue weighted by molar-refractivity contribution is 6.32. The fourth-order valence-corrected chi connectivity index (χ4v) is 2.07. The first-order valence-corrected chi connectivity index (χ1v) is 6.76. The Morgan fingerprint density at radius 2 is 2.15 bits per heavy atom. The number of nitrogens with zero attached hydrogens (tertiary/aromatic N) is 1. The molecule has 0 bridgehead atoms. The van der Waals surface area contributed by atoms with Crippen molar-refractivity contribution in [3.05, 3.63) is 47.1 Å². The number of hydrogen-bond donors (Lipinski definition) is 1. The number of halogens is 1. The number of nitrogens with one attached hydrogen (secondary N) is 1. The van der Waals surface area contributed by atoms with Crippen LogP contribution in [-0.2, 0) is 6.54 Å². The maximum absolute atomic E-state index is 6.10. The van der Waals surface area contributed by atoms with Crippen molar-refractivity contribution < 1.29 is 9.47 Å². The molecule has 0 saturated heterocycles. The van der Waals surface area contributed by atoms with Gasteiger partial charge in [0, 0.05) is 12.7 Å². The van der Waals surface area contributed by atoms with E-state index in [4.69, 9.17) is 21.1 Å². The van der Waals surface area contributed by atoms with E-state index in [1.807, 2.05) is 37.3 Å². The maximum Gasteiger partial charge on any atom is 0.237 e. The summed E-state index contributed by atoms with van der Waals surface area (Å²) in [6.07, 6.45) is 1.71. The summed E-state index contributed by atoms with van der Waals surface area (Å²) in [5.74, 6) is 1.28. The van der Waals surface area contributed by atoms with Crippen molar-refractivity contribution in [1.29, 1.82) is 0 Å². The van der Waals surface area contributed by atoms with Gasteiger partial charge in [-0.15, -0.1) is 0 Å². The van der Waals surface area contributed by atoms with E-state index in [2.05, 4.69) is 10.3 Å². The zero-order valence-corrected chi connectivity index (χ0v) is 12.3. The molecule has 1 aromatic heterocycles. The highest BCUT2D eigenvalue weighted by Crippen LogP contribution is 2.26. The van der Waals surface area contributed by atoms with Gasteiger partial charge in [-0.2, -0.15) is 0 Å². The van der Waals surface area contributed by atoms with Gasteiger partial charge in [0.05, 0.1) is 24.4 Å². The molecule has 1 N–H and O–H groups in total. The zero-order chi connectivity index (χ0) is 14.4. The lowest BCUT2D eigenvalue weighted by molar-refractivity contribution is 0.328. The van der Waals surface area contributed by atoms with Crippen LogP contribution < -0.4 is 14.8 Å². The number of ether oxygens (including phenoxy) is 2. The van der Waals surface area contributed by atoms with Crippen molar-refractivity contribution in [3.8, 4) is 11.6 Å². The van der Waals surface area contributed by atoms with Gasteiger partial charge in [0.1, 0.15) is 5.75 Å². The topological polar surface area (TPSA) is 43.4 Å². The van der Waals surface area contributed by atoms with Crippen LogP contribution in [0.15, 0.2) is 36.5 Å². The Labute approximate surface area is 123 Å². The number of rotatable bonds is 6. The SMILES string of the molecule is CCOc1ncccc1NCc1ccc(OC)c(Cl)c1. The molecule has 1 heterocycles. The lowest BCUT2D eigenvalue weighted by Gasteiger charge is -2.11. The summed E-state index contributed by atoms with van der Waals surface area (Å²) >= 11 is 6.10. The second kappa shape index (κ2) is 7.01. The van der Waals surface area contributed by atoms with Crippen molar-refractivity contribution in [1.82, 2.24) is 4.98 Å². The summed E-state index contributed by atoms with van der Waals surface area (Å²) in [7, 11) is 1.60. The Kier molecular flexibility index (Phi) is 5.07. The minimum atomic E-state index is 0.583. The van der Waals surface area contributed by atoms with Gasteiger partial charge in [-0.1, -0.05) is 17.7 Å². The number of aromatic nitrogens is 1. The van der Waals surface area contributed by atoms with Gasteiger partial charge in [0.2, 0.25) is 5.88 Å². The number of anilines is 1. The Morgan fingerprint density at radius 1 is 1.30 bits per heavy atom. The molecule has 5 heteroatoms. The van der Waals surface area contributed by atoms with Crippen LogP contribution in [0.1, 0.15) is 12.5 Å². The number of pyridine rings is 1. The zero-order valence-electron chi connectivity index (χ0n) is 11.5. The van der Waals surface area contributed by atoms with E-state index in [9.17, 15) is 0 Å².